The van der Waals surface area contributed by atoms with Crippen molar-refractivity contribution < 1.29 is 18.4 Å². The van der Waals surface area contributed by atoms with Crippen molar-refractivity contribution in [2.75, 3.05) is 6.61 Å². The smallest absolute Gasteiger partial charge is 0.277 e. The van der Waals surface area contributed by atoms with E-state index in [1.807, 2.05) is 31.2 Å². The second-order valence-corrected chi connectivity index (χ2v) is 5.90. The number of hydrogen-bond donors (Lipinski definition) is 1. The summed E-state index contributed by atoms with van der Waals surface area (Å²) < 4.78 is 24.1. The molecule has 27 heavy (non-hydrogen) atoms. The Balaban J connectivity index is 1.63. The molecule has 0 aliphatic rings. The van der Waals surface area contributed by atoms with Crippen LogP contribution in [0.25, 0.3) is 11.3 Å². The quantitative estimate of drug-likeness (QED) is 0.532. The van der Waals surface area contributed by atoms with Gasteiger partial charge in [-0.1, -0.05) is 35.0 Å². The normalized spacial score (nSPS) is 11.3. The lowest BCUT2D eigenvalue weighted by molar-refractivity contribution is -0.123. The van der Waals surface area contributed by atoms with Crippen molar-refractivity contribution in [2.24, 2.45) is 5.10 Å². The fraction of sp³-hybridized carbons (Fsp3) is 0.150. The van der Waals surface area contributed by atoms with Crippen LogP contribution in [0.1, 0.15) is 18.1 Å². The molecule has 0 bridgehead atoms. The third-order valence-electron chi connectivity index (χ3n) is 3.82. The van der Waals surface area contributed by atoms with Crippen molar-refractivity contribution >= 4 is 11.6 Å². The van der Waals surface area contributed by atoms with E-state index in [9.17, 15) is 9.18 Å². The minimum Gasteiger partial charge on any atom is -0.483 e. The first-order valence-electron chi connectivity index (χ1n) is 8.26. The van der Waals surface area contributed by atoms with Crippen molar-refractivity contribution in [3.63, 3.8) is 0 Å². The van der Waals surface area contributed by atoms with Crippen LogP contribution >= 0.6 is 0 Å². The number of rotatable bonds is 6. The van der Waals surface area contributed by atoms with Crippen molar-refractivity contribution in [2.45, 2.75) is 13.8 Å². The van der Waals surface area contributed by atoms with Gasteiger partial charge in [0.05, 0.1) is 17.5 Å². The number of nitrogens with one attached hydrogen (secondary N) is 1. The highest BCUT2D eigenvalue weighted by molar-refractivity contribution is 5.99. The van der Waals surface area contributed by atoms with Crippen LogP contribution in [0.4, 0.5) is 4.39 Å². The van der Waals surface area contributed by atoms with Gasteiger partial charge in [0.1, 0.15) is 11.6 Å². The molecule has 0 fully saturated rings. The molecule has 1 N–H and O–H groups in total. The summed E-state index contributed by atoms with van der Waals surface area (Å²) in [6, 6.07) is 13.3. The topological polar surface area (TPSA) is 76.7 Å². The minimum atomic E-state index is -0.448. The zero-order valence-electron chi connectivity index (χ0n) is 14.9. The van der Waals surface area contributed by atoms with E-state index in [1.54, 1.807) is 13.0 Å². The number of aromatic nitrogens is 1. The summed E-state index contributed by atoms with van der Waals surface area (Å²) in [6.45, 7) is 3.52. The summed E-state index contributed by atoms with van der Waals surface area (Å²) in [4.78, 5) is 12.0. The molecule has 0 spiro atoms. The van der Waals surface area contributed by atoms with Crippen LogP contribution in [0.2, 0.25) is 0 Å². The van der Waals surface area contributed by atoms with E-state index in [4.69, 9.17) is 9.26 Å². The molecule has 1 amide bonds. The summed E-state index contributed by atoms with van der Waals surface area (Å²) in [6.07, 6.45) is 1.44. The van der Waals surface area contributed by atoms with Gasteiger partial charge in [0.2, 0.25) is 0 Å². The largest absolute Gasteiger partial charge is 0.483 e. The van der Waals surface area contributed by atoms with Crippen molar-refractivity contribution in [1.29, 1.82) is 0 Å². The van der Waals surface area contributed by atoms with Crippen LogP contribution in [0.15, 0.2) is 64.4 Å². The summed E-state index contributed by atoms with van der Waals surface area (Å²) in [7, 11) is 0. The Morgan fingerprint density at radius 2 is 2.00 bits per heavy atom. The monoisotopic (exact) mass is 367 g/mol. The number of carbonyl (C=O) groups excluding carboxylic acids is 1. The molecule has 2 aromatic carbocycles. The van der Waals surface area contributed by atoms with Crippen LogP contribution in [0.3, 0.4) is 0 Å². The molecule has 1 aromatic heterocycles. The molecule has 7 heteroatoms. The van der Waals surface area contributed by atoms with Gasteiger partial charge in [-0.2, -0.15) is 5.10 Å². The molecule has 138 valence electrons. The Kier molecular flexibility index (Phi) is 5.61. The molecule has 0 aliphatic carbocycles. The first-order chi connectivity index (χ1) is 13.0. The average molecular weight is 367 g/mol. The Morgan fingerprint density at radius 3 is 2.70 bits per heavy atom. The third-order valence-corrected chi connectivity index (χ3v) is 3.82. The van der Waals surface area contributed by atoms with Gasteiger partial charge < -0.3 is 9.26 Å². The maximum atomic E-state index is 13.5. The number of carbonyl (C=O) groups is 1. The molecule has 3 rings (SSSR count). The highest BCUT2D eigenvalue weighted by atomic mass is 19.1. The fourth-order valence-corrected chi connectivity index (χ4v) is 2.36. The maximum absolute atomic E-state index is 13.5. The molecule has 0 atom stereocenters. The summed E-state index contributed by atoms with van der Waals surface area (Å²) in [5, 5.41) is 7.67. The van der Waals surface area contributed by atoms with Gasteiger partial charge in [-0.25, -0.2) is 9.82 Å². The number of ether oxygens (including phenoxy) is 1. The molecular formula is C20H18FN3O3. The highest BCUT2D eigenvalue weighted by Gasteiger charge is 2.13. The van der Waals surface area contributed by atoms with Gasteiger partial charge in [0.25, 0.3) is 5.91 Å². The molecule has 6 nitrogen and oxygen atoms in total. The van der Waals surface area contributed by atoms with Gasteiger partial charge in [-0.15, -0.1) is 0 Å². The van der Waals surface area contributed by atoms with E-state index in [0.29, 0.717) is 22.8 Å². The lowest BCUT2D eigenvalue weighted by Gasteiger charge is -2.09. The SMILES string of the molecule is C/C(=N\NC(=O)COc1ccc(F)cc1-c1ccno1)c1ccc(C)cc1. The van der Waals surface area contributed by atoms with Crippen molar-refractivity contribution in [3.8, 4) is 17.1 Å². The zero-order chi connectivity index (χ0) is 19.2. The number of amides is 1. The van der Waals surface area contributed by atoms with E-state index in [0.717, 1.165) is 11.1 Å². The predicted molar refractivity (Wildman–Crippen MR) is 98.9 cm³/mol. The lowest BCUT2D eigenvalue weighted by atomic mass is 10.1. The Labute approximate surface area is 155 Å². The molecule has 0 saturated heterocycles. The summed E-state index contributed by atoms with van der Waals surface area (Å²) in [5.41, 5.74) is 5.55. The number of benzene rings is 2. The average Bonchev–Trinajstić information content (AvgIpc) is 3.20. The molecule has 1 heterocycles. The van der Waals surface area contributed by atoms with Crippen LogP contribution in [0.5, 0.6) is 5.75 Å². The van der Waals surface area contributed by atoms with Crippen molar-refractivity contribution in [1.82, 2.24) is 10.6 Å². The Hall–Kier alpha value is -3.48. The minimum absolute atomic E-state index is 0.280. The third kappa shape index (κ3) is 4.78. The molecular weight excluding hydrogens is 349 g/mol. The van der Waals surface area contributed by atoms with Crippen LogP contribution < -0.4 is 10.2 Å². The van der Waals surface area contributed by atoms with Crippen LogP contribution in [-0.4, -0.2) is 23.4 Å². The molecule has 0 unspecified atom stereocenters. The van der Waals surface area contributed by atoms with Gasteiger partial charge in [-0.05, 0) is 37.6 Å². The lowest BCUT2D eigenvalue weighted by Crippen LogP contribution is -2.25. The Bertz CT molecular complexity index is 951. The molecule has 3 aromatic rings. The van der Waals surface area contributed by atoms with E-state index < -0.39 is 11.7 Å². The van der Waals surface area contributed by atoms with E-state index in [2.05, 4.69) is 15.7 Å². The summed E-state index contributed by atoms with van der Waals surface area (Å²) >= 11 is 0. The number of nitrogens with zero attached hydrogens (tertiary/aromatic N) is 2. The first-order valence-corrected chi connectivity index (χ1v) is 8.26. The van der Waals surface area contributed by atoms with Gasteiger partial charge >= 0.3 is 0 Å². The maximum Gasteiger partial charge on any atom is 0.277 e. The van der Waals surface area contributed by atoms with E-state index >= 15 is 0 Å². The zero-order valence-corrected chi connectivity index (χ0v) is 14.9. The van der Waals surface area contributed by atoms with E-state index in [-0.39, 0.29) is 6.61 Å². The van der Waals surface area contributed by atoms with Gasteiger partial charge in [-0.3, -0.25) is 4.79 Å². The second kappa shape index (κ2) is 8.27. The van der Waals surface area contributed by atoms with Crippen LogP contribution in [-0.2, 0) is 4.79 Å². The standard InChI is InChI=1S/C20H18FN3O3/c1-13-3-5-15(6-4-13)14(2)23-24-20(25)12-26-18-8-7-16(21)11-17(18)19-9-10-22-27-19/h3-11H,12H2,1-2H3,(H,24,25)/b23-14+. The second-order valence-electron chi connectivity index (χ2n) is 5.90. The number of halogens is 1. The Morgan fingerprint density at radius 1 is 1.22 bits per heavy atom. The summed E-state index contributed by atoms with van der Waals surface area (Å²) in [5.74, 6) is -0.230. The number of hydrazone groups is 1. The van der Waals surface area contributed by atoms with Crippen LogP contribution in [0, 0.1) is 12.7 Å². The molecule has 0 aliphatic heterocycles. The van der Waals surface area contributed by atoms with Gasteiger partial charge in [0.15, 0.2) is 12.4 Å². The molecule has 0 saturated carbocycles. The first kappa shape index (κ1) is 18.3. The molecule has 0 radical (unpaired) electrons. The van der Waals surface area contributed by atoms with Gasteiger partial charge in [0, 0.05) is 6.07 Å². The fourth-order valence-electron chi connectivity index (χ4n) is 2.36. The van der Waals surface area contributed by atoms with E-state index in [1.165, 1.54) is 24.4 Å². The van der Waals surface area contributed by atoms with Crippen molar-refractivity contribution in [3.05, 3.63) is 71.7 Å². The highest BCUT2D eigenvalue weighted by Crippen LogP contribution is 2.30. The predicted octanol–water partition coefficient (Wildman–Crippen LogP) is 3.71. The number of hydrogen-bond acceptors (Lipinski definition) is 5. The number of aryl methyl sites for hydroxylation is 1.